The summed E-state index contributed by atoms with van der Waals surface area (Å²) in [5.74, 6) is 1.20. The Morgan fingerprint density at radius 1 is 1.07 bits per heavy atom. The lowest BCUT2D eigenvalue weighted by Gasteiger charge is -2.35. The van der Waals surface area contributed by atoms with E-state index in [0.717, 1.165) is 58.9 Å². The molecule has 2 amide bonds. The van der Waals surface area contributed by atoms with Gasteiger partial charge in [0.25, 0.3) is 0 Å². The number of benzene rings is 1. The van der Waals surface area contributed by atoms with Crippen LogP contribution in [-0.4, -0.2) is 47.7 Å². The molecule has 2 aromatic heterocycles. The van der Waals surface area contributed by atoms with E-state index in [0.29, 0.717) is 11.0 Å². The summed E-state index contributed by atoms with van der Waals surface area (Å²) in [5.41, 5.74) is 2.83. The molecule has 1 saturated heterocycles. The monoisotopic (exact) mass is 565 g/mol. The number of carbonyl (C=O) groups excluding carboxylic acids is 2. The van der Waals surface area contributed by atoms with Crippen molar-refractivity contribution in [3.63, 3.8) is 0 Å². The van der Waals surface area contributed by atoms with Crippen LogP contribution in [0.3, 0.4) is 0 Å². The fraction of sp³-hybridized carbons (Fsp3) is 0.548. The van der Waals surface area contributed by atoms with Gasteiger partial charge in [0.05, 0.1) is 21.8 Å². The number of piperidine rings is 1. The van der Waals surface area contributed by atoms with Crippen LogP contribution in [0.1, 0.15) is 85.4 Å². The van der Waals surface area contributed by atoms with Crippen LogP contribution in [0.15, 0.2) is 30.3 Å². The Hall–Kier alpha value is -3.20. The van der Waals surface area contributed by atoms with Gasteiger partial charge in [-0.25, -0.2) is 14.8 Å². The number of hydrogen-bond acceptors (Lipinski definition) is 7. The number of nitrogens with zero attached hydrogens (tertiary/aromatic N) is 4. The first-order chi connectivity index (χ1) is 18.6. The molecule has 0 aliphatic carbocycles. The topological polar surface area (TPSA) is 87.7 Å². The van der Waals surface area contributed by atoms with E-state index in [1.165, 1.54) is 11.3 Å². The lowest BCUT2D eigenvalue weighted by Crippen LogP contribution is -2.37. The second-order valence-electron chi connectivity index (χ2n) is 13.0. The van der Waals surface area contributed by atoms with Crippen LogP contribution < -0.4 is 15.1 Å². The minimum atomic E-state index is -0.593. The molecule has 1 fully saturated rings. The van der Waals surface area contributed by atoms with Crippen LogP contribution in [0.4, 0.5) is 21.4 Å². The van der Waals surface area contributed by atoms with Crippen LogP contribution >= 0.6 is 11.3 Å². The van der Waals surface area contributed by atoms with Gasteiger partial charge in [0.1, 0.15) is 5.60 Å². The number of rotatable bonds is 5. The summed E-state index contributed by atoms with van der Waals surface area (Å²) >= 11 is 1.36. The van der Waals surface area contributed by atoms with Crippen molar-refractivity contribution in [2.75, 3.05) is 35.3 Å². The van der Waals surface area contributed by atoms with E-state index >= 15 is 0 Å². The Kier molecular flexibility index (Phi) is 8.45. The minimum absolute atomic E-state index is 0.00657. The van der Waals surface area contributed by atoms with E-state index in [4.69, 9.17) is 9.72 Å². The largest absolute Gasteiger partial charge is 0.444 e. The van der Waals surface area contributed by atoms with Gasteiger partial charge in [-0.2, -0.15) is 0 Å². The number of nitrogens with one attached hydrogen (secondary N) is 1. The summed E-state index contributed by atoms with van der Waals surface area (Å²) in [6.07, 6.45) is 1.70. The third-order valence-electron chi connectivity index (χ3n) is 7.29. The van der Waals surface area contributed by atoms with Crippen molar-refractivity contribution in [2.45, 2.75) is 85.2 Å². The number of thiazole rings is 1. The molecule has 9 heteroatoms. The predicted octanol–water partition coefficient (Wildman–Crippen LogP) is 7.34. The van der Waals surface area contributed by atoms with Crippen molar-refractivity contribution in [3.8, 4) is 0 Å². The molecule has 0 spiro atoms. The Balaban J connectivity index is 1.57. The first kappa shape index (κ1) is 29.8. The van der Waals surface area contributed by atoms with E-state index in [1.807, 2.05) is 65.1 Å². The van der Waals surface area contributed by atoms with Crippen molar-refractivity contribution >= 4 is 50.2 Å². The minimum Gasteiger partial charge on any atom is -0.444 e. The van der Waals surface area contributed by atoms with Gasteiger partial charge in [0.2, 0.25) is 5.91 Å². The van der Waals surface area contributed by atoms with E-state index in [9.17, 15) is 9.59 Å². The van der Waals surface area contributed by atoms with Crippen LogP contribution in [-0.2, 0) is 14.9 Å². The highest BCUT2D eigenvalue weighted by Gasteiger charge is 2.28. The molecule has 0 saturated carbocycles. The van der Waals surface area contributed by atoms with Crippen molar-refractivity contribution < 1.29 is 14.3 Å². The highest BCUT2D eigenvalue weighted by Crippen LogP contribution is 2.36. The molecule has 1 unspecified atom stereocenters. The molecular formula is C31H43N5O3S. The molecule has 8 nitrogen and oxygen atoms in total. The van der Waals surface area contributed by atoms with E-state index in [1.54, 1.807) is 4.90 Å². The van der Waals surface area contributed by atoms with Crippen molar-refractivity contribution in [1.29, 1.82) is 0 Å². The fourth-order valence-corrected chi connectivity index (χ4v) is 5.68. The highest BCUT2D eigenvalue weighted by atomic mass is 32.1. The zero-order chi connectivity index (χ0) is 29.4. The number of aromatic nitrogens is 2. The average Bonchev–Trinajstić information content (AvgIpc) is 3.27. The normalized spacial score (nSPS) is 15.7. The second kappa shape index (κ2) is 11.4. The molecule has 40 heavy (non-hydrogen) atoms. The molecule has 0 radical (unpaired) electrons. The van der Waals surface area contributed by atoms with Crippen LogP contribution in [0.2, 0.25) is 0 Å². The molecule has 1 N–H and O–H groups in total. The van der Waals surface area contributed by atoms with Gasteiger partial charge in [-0.3, -0.25) is 10.1 Å². The number of anilines is 3. The predicted molar refractivity (Wildman–Crippen MR) is 165 cm³/mol. The van der Waals surface area contributed by atoms with Gasteiger partial charge in [-0.05, 0) is 76.3 Å². The molecule has 3 aromatic rings. The molecule has 1 aliphatic heterocycles. The number of ether oxygens (including phenoxy) is 1. The molecule has 1 atom stereocenters. The molecule has 1 aliphatic rings. The van der Waals surface area contributed by atoms with Gasteiger partial charge in [-0.15, -0.1) is 0 Å². The molecule has 216 valence electrons. The summed E-state index contributed by atoms with van der Waals surface area (Å²) in [4.78, 5) is 39.7. The van der Waals surface area contributed by atoms with Gasteiger partial charge in [0.15, 0.2) is 10.9 Å². The van der Waals surface area contributed by atoms with Crippen molar-refractivity contribution in [3.05, 3.63) is 41.6 Å². The quantitative estimate of drug-likeness (QED) is 0.348. The van der Waals surface area contributed by atoms with Crippen LogP contribution in [0.5, 0.6) is 0 Å². The van der Waals surface area contributed by atoms with E-state index in [-0.39, 0.29) is 17.2 Å². The first-order valence-corrected chi connectivity index (χ1v) is 14.9. The Morgan fingerprint density at radius 3 is 2.38 bits per heavy atom. The van der Waals surface area contributed by atoms with Crippen LogP contribution in [0, 0.1) is 5.92 Å². The zero-order valence-corrected chi connectivity index (χ0v) is 26.1. The maximum absolute atomic E-state index is 13.8. The smallest absolute Gasteiger partial charge is 0.413 e. The molecular weight excluding hydrogens is 522 g/mol. The fourth-order valence-electron chi connectivity index (χ4n) is 4.78. The van der Waals surface area contributed by atoms with Gasteiger partial charge in [-0.1, -0.05) is 45.1 Å². The number of hydrogen-bond donors (Lipinski definition) is 1. The number of fused-ring (bicyclic) bond motifs is 1. The molecule has 4 rings (SSSR count). The molecule has 3 heterocycles. The van der Waals surface area contributed by atoms with E-state index < -0.39 is 11.7 Å². The molecule has 1 aromatic carbocycles. The van der Waals surface area contributed by atoms with Gasteiger partial charge in [0, 0.05) is 31.2 Å². The van der Waals surface area contributed by atoms with Crippen LogP contribution in [0.25, 0.3) is 10.2 Å². The zero-order valence-electron chi connectivity index (χ0n) is 25.3. The number of amides is 2. The standard InChI is InChI=1S/C31H43N5O3S/c1-19-14-16-36(17-15-19)26-23(12-13-25(33-26)30(3,4)5)35(9)27(37)20(2)21-10-11-22-24(18-21)40-28(32-22)34-29(38)39-31(6,7)8/h10-13,18-20H,14-17H2,1-9H3,(H,32,34,38). The van der Waals surface area contributed by atoms with Gasteiger partial charge < -0.3 is 14.5 Å². The summed E-state index contributed by atoms with van der Waals surface area (Å²) in [6.45, 7) is 18.0. The van der Waals surface area contributed by atoms with Crippen molar-refractivity contribution in [2.24, 2.45) is 5.92 Å². The first-order valence-electron chi connectivity index (χ1n) is 14.1. The molecule has 0 bridgehead atoms. The Morgan fingerprint density at radius 2 is 1.75 bits per heavy atom. The summed E-state index contributed by atoms with van der Waals surface area (Å²) in [7, 11) is 1.84. The Labute approximate surface area is 242 Å². The number of pyridine rings is 1. The summed E-state index contributed by atoms with van der Waals surface area (Å²) in [5, 5.41) is 3.17. The summed E-state index contributed by atoms with van der Waals surface area (Å²) < 4.78 is 6.24. The average molecular weight is 566 g/mol. The van der Waals surface area contributed by atoms with Crippen molar-refractivity contribution in [1.82, 2.24) is 9.97 Å². The maximum Gasteiger partial charge on any atom is 0.413 e. The van der Waals surface area contributed by atoms with Gasteiger partial charge >= 0.3 is 6.09 Å². The number of carbonyl (C=O) groups is 2. The Bertz CT molecular complexity index is 1380. The maximum atomic E-state index is 13.8. The summed E-state index contributed by atoms with van der Waals surface area (Å²) in [6, 6.07) is 9.90. The number of likely N-dealkylation sites (N-methyl/N-ethyl adjacent to an activating group) is 1. The lowest BCUT2D eigenvalue weighted by atomic mass is 9.91. The SMILES string of the molecule is CC1CCN(c2nc(C(C)(C)C)ccc2N(C)C(=O)C(C)c2ccc3nc(NC(=O)OC(C)(C)C)sc3c2)CC1. The second-order valence-corrected chi connectivity index (χ2v) is 14.0. The third kappa shape index (κ3) is 6.92. The van der Waals surface area contributed by atoms with E-state index in [2.05, 4.69) is 42.9 Å². The lowest BCUT2D eigenvalue weighted by molar-refractivity contribution is -0.119. The highest BCUT2D eigenvalue weighted by molar-refractivity contribution is 7.22. The third-order valence-corrected chi connectivity index (χ3v) is 8.22.